The molecule has 0 aliphatic carbocycles. The summed E-state index contributed by atoms with van der Waals surface area (Å²) in [6, 6.07) is 13.6. The van der Waals surface area contributed by atoms with Crippen LogP contribution >= 0.6 is 0 Å². The number of hydrogen-bond acceptors (Lipinski definition) is 7. The normalized spacial score (nSPS) is 20.3. The average molecular weight is 464 g/mol. The number of nitrogens with zero attached hydrogens (tertiary/aromatic N) is 3. The molecule has 10 heteroatoms. The number of imidazole rings is 1. The summed E-state index contributed by atoms with van der Waals surface area (Å²) in [5, 5.41) is 3.05. The summed E-state index contributed by atoms with van der Waals surface area (Å²) < 4.78 is 38.3. The number of aromatic amines is 1. The Hall–Kier alpha value is -3.73. The molecule has 3 heterocycles. The SMILES string of the molecule is CC1(N)COC(c2nc(-c3ccc(F)cc3)c(-c3ccnc(Nc4ccc(F)cc4)n3)[nH]2)OC1. The van der Waals surface area contributed by atoms with Crippen LogP contribution in [0.5, 0.6) is 0 Å². The van der Waals surface area contributed by atoms with Crippen molar-refractivity contribution in [3.63, 3.8) is 0 Å². The zero-order valence-electron chi connectivity index (χ0n) is 18.3. The molecule has 5 rings (SSSR count). The van der Waals surface area contributed by atoms with Crippen LogP contribution in [0.15, 0.2) is 60.8 Å². The van der Waals surface area contributed by atoms with E-state index in [0.717, 1.165) is 0 Å². The highest BCUT2D eigenvalue weighted by atomic mass is 19.1. The molecule has 34 heavy (non-hydrogen) atoms. The van der Waals surface area contributed by atoms with Crippen LogP contribution < -0.4 is 11.1 Å². The molecule has 1 aliphatic rings. The third-order valence-electron chi connectivity index (χ3n) is 5.20. The lowest BCUT2D eigenvalue weighted by atomic mass is 10.1. The fourth-order valence-corrected chi connectivity index (χ4v) is 3.51. The van der Waals surface area contributed by atoms with Crippen LogP contribution in [0.3, 0.4) is 0 Å². The predicted molar refractivity (Wildman–Crippen MR) is 122 cm³/mol. The first-order valence-corrected chi connectivity index (χ1v) is 10.6. The molecule has 2 aromatic carbocycles. The van der Waals surface area contributed by atoms with Crippen molar-refractivity contribution in [2.45, 2.75) is 18.8 Å². The number of halogens is 2. The molecule has 2 aromatic heterocycles. The van der Waals surface area contributed by atoms with Crippen LogP contribution in [-0.2, 0) is 9.47 Å². The molecule has 8 nitrogen and oxygen atoms in total. The zero-order valence-corrected chi connectivity index (χ0v) is 18.3. The van der Waals surface area contributed by atoms with Gasteiger partial charge in [-0.3, -0.25) is 0 Å². The maximum absolute atomic E-state index is 13.5. The Morgan fingerprint density at radius 1 is 0.971 bits per heavy atom. The zero-order chi connectivity index (χ0) is 23.7. The van der Waals surface area contributed by atoms with Gasteiger partial charge in [0.2, 0.25) is 12.2 Å². The standard InChI is InChI=1S/C24H22F2N6O2/c1-24(27)12-33-22(34-13-24)21-31-19(14-2-4-15(25)5-3-14)20(32-21)18-10-11-28-23(30-18)29-17-8-6-16(26)7-9-17/h2-11,22H,12-13,27H2,1H3,(H,31,32)(H,28,29,30). The van der Waals surface area contributed by atoms with Gasteiger partial charge >= 0.3 is 0 Å². The Morgan fingerprint density at radius 3 is 2.29 bits per heavy atom. The molecule has 4 aromatic rings. The molecule has 0 saturated carbocycles. The predicted octanol–water partition coefficient (Wildman–Crippen LogP) is 4.32. The summed E-state index contributed by atoms with van der Waals surface area (Å²) in [6.07, 6.45) is 0.861. The van der Waals surface area contributed by atoms with Gasteiger partial charge in [0.1, 0.15) is 11.6 Å². The second-order valence-electron chi connectivity index (χ2n) is 8.36. The fraction of sp³-hybridized carbons (Fsp3) is 0.208. The number of aromatic nitrogens is 4. The van der Waals surface area contributed by atoms with Crippen molar-refractivity contribution in [1.29, 1.82) is 0 Å². The van der Waals surface area contributed by atoms with E-state index in [0.29, 0.717) is 53.3 Å². The molecule has 0 radical (unpaired) electrons. The van der Waals surface area contributed by atoms with Crippen molar-refractivity contribution in [1.82, 2.24) is 19.9 Å². The lowest BCUT2D eigenvalue weighted by Gasteiger charge is -2.33. The van der Waals surface area contributed by atoms with E-state index < -0.39 is 11.8 Å². The topological polar surface area (TPSA) is 111 Å². The van der Waals surface area contributed by atoms with Crippen molar-refractivity contribution < 1.29 is 18.3 Å². The summed E-state index contributed by atoms with van der Waals surface area (Å²) in [6.45, 7) is 2.45. The van der Waals surface area contributed by atoms with E-state index in [1.165, 1.54) is 24.3 Å². The molecular formula is C24H22F2N6O2. The Morgan fingerprint density at radius 2 is 1.62 bits per heavy atom. The quantitative estimate of drug-likeness (QED) is 0.403. The van der Waals surface area contributed by atoms with E-state index in [9.17, 15) is 8.78 Å². The van der Waals surface area contributed by atoms with Gasteiger partial charge in [0.05, 0.1) is 35.8 Å². The molecule has 1 saturated heterocycles. The van der Waals surface area contributed by atoms with Gasteiger partial charge < -0.3 is 25.5 Å². The van der Waals surface area contributed by atoms with Gasteiger partial charge in [0.15, 0.2) is 5.82 Å². The molecule has 0 bridgehead atoms. The summed E-state index contributed by atoms with van der Waals surface area (Å²) in [5.41, 5.74) is 8.49. The number of nitrogens with two attached hydrogens (primary N) is 1. The van der Waals surface area contributed by atoms with Crippen LogP contribution in [-0.4, -0.2) is 38.7 Å². The third kappa shape index (κ3) is 4.79. The summed E-state index contributed by atoms with van der Waals surface area (Å²) in [5.74, 6) is 0.0668. The Kier molecular flexibility index (Phi) is 5.78. The monoisotopic (exact) mass is 464 g/mol. The second kappa shape index (κ2) is 8.90. The Balaban J connectivity index is 1.51. The first kappa shape index (κ1) is 22.1. The minimum absolute atomic E-state index is 0.304. The van der Waals surface area contributed by atoms with Crippen molar-refractivity contribution in [3.05, 3.63) is 78.3 Å². The van der Waals surface area contributed by atoms with Gasteiger partial charge in [-0.15, -0.1) is 0 Å². The van der Waals surface area contributed by atoms with E-state index in [1.54, 1.807) is 36.5 Å². The largest absolute Gasteiger partial charge is 0.344 e. The minimum Gasteiger partial charge on any atom is -0.344 e. The van der Waals surface area contributed by atoms with E-state index in [4.69, 9.17) is 15.2 Å². The summed E-state index contributed by atoms with van der Waals surface area (Å²) >= 11 is 0. The number of anilines is 2. The number of hydrogen-bond donors (Lipinski definition) is 3. The number of benzene rings is 2. The van der Waals surface area contributed by atoms with E-state index in [-0.39, 0.29) is 11.6 Å². The van der Waals surface area contributed by atoms with Crippen molar-refractivity contribution in [3.8, 4) is 22.6 Å². The number of ether oxygens (including phenoxy) is 2. The van der Waals surface area contributed by atoms with Gasteiger partial charge in [0.25, 0.3) is 0 Å². The average Bonchev–Trinajstić information content (AvgIpc) is 3.27. The Labute approximate surface area is 194 Å². The lowest BCUT2D eigenvalue weighted by Crippen LogP contribution is -2.50. The second-order valence-corrected chi connectivity index (χ2v) is 8.36. The molecule has 174 valence electrons. The lowest BCUT2D eigenvalue weighted by molar-refractivity contribution is -0.211. The summed E-state index contributed by atoms with van der Waals surface area (Å²) in [7, 11) is 0. The first-order valence-electron chi connectivity index (χ1n) is 10.6. The number of rotatable bonds is 5. The van der Waals surface area contributed by atoms with E-state index in [1.807, 2.05) is 6.92 Å². The van der Waals surface area contributed by atoms with E-state index in [2.05, 4.69) is 25.3 Å². The molecule has 0 unspecified atom stereocenters. The van der Waals surface area contributed by atoms with Crippen LogP contribution in [0.4, 0.5) is 20.4 Å². The van der Waals surface area contributed by atoms with Crippen LogP contribution in [0.2, 0.25) is 0 Å². The number of H-pyrrole nitrogens is 1. The highest BCUT2D eigenvalue weighted by molar-refractivity contribution is 5.77. The third-order valence-corrected chi connectivity index (χ3v) is 5.20. The van der Waals surface area contributed by atoms with Crippen LogP contribution in [0.1, 0.15) is 19.0 Å². The van der Waals surface area contributed by atoms with Crippen LogP contribution in [0.25, 0.3) is 22.6 Å². The molecule has 0 atom stereocenters. The van der Waals surface area contributed by atoms with Gasteiger partial charge in [-0.25, -0.2) is 23.7 Å². The van der Waals surface area contributed by atoms with Crippen LogP contribution in [0, 0.1) is 11.6 Å². The minimum atomic E-state index is -0.733. The van der Waals surface area contributed by atoms with Gasteiger partial charge in [-0.2, -0.15) is 0 Å². The molecule has 0 spiro atoms. The molecule has 4 N–H and O–H groups in total. The van der Waals surface area contributed by atoms with Gasteiger partial charge in [0, 0.05) is 17.4 Å². The Bertz CT molecular complexity index is 1280. The van der Waals surface area contributed by atoms with Crippen molar-refractivity contribution >= 4 is 11.6 Å². The maximum atomic E-state index is 13.5. The highest BCUT2D eigenvalue weighted by Gasteiger charge is 2.32. The molecule has 1 aliphatic heterocycles. The molecular weight excluding hydrogens is 442 g/mol. The highest BCUT2D eigenvalue weighted by Crippen LogP contribution is 2.33. The number of nitrogens with one attached hydrogen (secondary N) is 2. The van der Waals surface area contributed by atoms with Gasteiger partial charge in [-0.05, 0) is 61.5 Å². The maximum Gasteiger partial charge on any atom is 0.227 e. The van der Waals surface area contributed by atoms with Crippen molar-refractivity contribution in [2.24, 2.45) is 5.73 Å². The van der Waals surface area contributed by atoms with Gasteiger partial charge in [-0.1, -0.05) is 0 Å². The molecule has 1 fully saturated rings. The smallest absolute Gasteiger partial charge is 0.227 e. The van der Waals surface area contributed by atoms with Crippen molar-refractivity contribution in [2.75, 3.05) is 18.5 Å². The molecule has 0 amide bonds. The van der Waals surface area contributed by atoms with E-state index >= 15 is 0 Å². The fourth-order valence-electron chi connectivity index (χ4n) is 3.51. The first-order chi connectivity index (χ1) is 16.4. The summed E-state index contributed by atoms with van der Waals surface area (Å²) in [4.78, 5) is 16.8.